The van der Waals surface area contributed by atoms with E-state index in [4.69, 9.17) is 9.47 Å². The lowest BCUT2D eigenvalue weighted by Crippen LogP contribution is -2.38. The Balaban J connectivity index is 2.56. The third-order valence-electron chi connectivity index (χ3n) is 2.76. The molecular formula is C16H22N2O5. The second-order valence-electron chi connectivity index (χ2n) is 4.68. The summed E-state index contributed by atoms with van der Waals surface area (Å²) in [5, 5.41) is 4.99. The van der Waals surface area contributed by atoms with Gasteiger partial charge in [-0.05, 0) is 25.5 Å². The Morgan fingerprint density at radius 1 is 1.13 bits per heavy atom. The Labute approximate surface area is 135 Å². The zero-order valence-electron chi connectivity index (χ0n) is 13.4. The summed E-state index contributed by atoms with van der Waals surface area (Å²) in [5.41, 5.74) is 0.324. The molecule has 0 aliphatic carbocycles. The van der Waals surface area contributed by atoms with Gasteiger partial charge in [0.1, 0.15) is 11.5 Å². The first-order valence-corrected chi connectivity index (χ1v) is 7.48. The molecule has 0 atom stereocenters. The minimum absolute atomic E-state index is 0.115. The molecule has 0 aromatic heterocycles. The summed E-state index contributed by atoms with van der Waals surface area (Å²) in [5.74, 6) is 0.106. The van der Waals surface area contributed by atoms with Gasteiger partial charge in [-0.3, -0.25) is 14.4 Å². The molecule has 0 saturated heterocycles. The van der Waals surface area contributed by atoms with Gasteiger partial charge in [0.05, 0.1) is 18.7 Å². The highest BCUT2D eigenvalue weighted by Gasteiger charge is 2.09. The molecule has 0 bridgehead atoms. The Bertz CT molecular complexity index is 545. The van der Waals surface area contributed by atoms with E-state index in [1.165, 1.54) is 0 Å². The number of hydrogen-bond donors (Lipinski definition) is 2. The van der Waals surface area contributed by atoms with Crippen molar-refractivity contribution < 1.29 is 23.9 Å². The average molecular weight is 322 g/mol. The molecule has 0 unspecified atom stereocenters. The molecule has 1 aromatic rings. The molecule has 23 heavy (non-hydrogen) atoms. The number of aldehydes is 1. The Kier molecular flexibility index (Phi) is 8.20. The fraction of sp³-hybridized carbons (Fsp3) is 0.438. The van der Waals surface area contributed by atoms with Crippen molar-refractivity contribution in [2.45, 2.75) is 20.3 Å². The topological polar surface area (TPSA) is 93.7 Å². The highest BCUT2D eigenvalue weighted by Crippen LogP contribution is 2.23. The van der Waals surface area contributed by atoms with Crippen LogP contribution in [0, 0.1) is 0 Å². The highest BCUT2D eigenvalue weighted by atomic mass is 16.5. The number of carbonyl (C=O) groups is 3. The monoisotopic (exact) mass is 322 g/mol. The van der Waals surface area contributed by atoms with E-state index in [1.54, 1.807) is 25.1 Å². The van der Waals surface area contributed by atoms with Crippen LogP contribution in [0.1, 0.15) is 30.6 Å². The first-order valence-electron chi connectivity index (χ1n) is 7.48. The Morgan fingerprint density at radius 2 is 1.91 bits per heavy atom. The van der Waals surface area contributed by atoms with E-state index in [0.717, 1.165) is 6.42 Å². The van der Waals surface area contributed by atoms with E-state index in [9.17, 15) is 14.4 Å². The van der Waals surface area contributed by atoms with Crippen LogP contribution in [0.15, 0.2) is 18.2 Å². The summed E-state index contributed by atoms with van der Waals surface area (Å²) in [4.78, 5) is 33.9. The Morgan fingerprint density at radius 3 is 2.57 bits per heavy atom. The van der Waals surface area contributed by atoms with E-state index in [2.05, 4.69) is 10.6 Å². The van der Waals surface area contributed by atoms with E-state index < -0.39 is 5.91 Å². The standard InChI is InChI=1S/C16H22N2O5/c1-3-7-22-13-6-5-12(10-19)14(8-13)23-11-16(21)18-9-15(20)17-4-2/h5-6,8,10H,3-4,7,9,11H2,1-2H3,(H,17,20)(H,18,21). The van der Waals surface area contributed by atoms with Gasteiger partial charge < -0.3 is 20.1 Å². The number of rotatable bonds is 10. The predicted molar refractivity (Wildman–Crippen MR) is 84.8 cm³/mol. The van der Waals surface area contributed by atoms with Crippen molar-refractivity contribution in [1.29, 1.82) is 0 Å². The maximum Gasteiger partial charge on any atom is 0.258 e. The third-order valence-corrected chi connectivity index (χ3v) is 2.76. The SMILES string of the molecule is CCCOc1ccc(C=O)c(OCC(=O)NCC(=O)NCC)c1. The van der Waals surface area contributed by atoms with Gasteiger partial charge in [0, 0.05) is 12.6 Å². The smallest absolute Gasteiger partial charge is 0.258 e. The third kappa shape index (κ3) is 6.82. The van der Waals surface area contributed by atoms with E-state index >= 15 is 0 Å². The average Bonchev–Trinajstić information content (AvgIpc) is 2.56. The van der Waals surface area contributed by atoms with Gasteiger partial charge in [-0.15, -0.1) is 0 Å². The van der Waals surface area contributed by atoms with Crippen LogP contribution in [-0.4, -0.2) is 44.4 Å². The van der Waals surface area contributed by atoms with Crippen LogP contribution < -0.4 is 20.1 Å². The molecule has 0 aliphatic heterocycles. The molecule has 0 spiro atoms. The maximum absolute atomic E-state index is 11.6. The lowest BCUT2D eigenvalue weighted by Gasteiger charge is -2.11. The van der Waals surface area contributed by atoms with E-state index in [-0.39, 0.29) is 24.8 Å². The number of likely N-dealkylation sites (N-methyl/N-ethyl adjacent to an activating group) is 1. The summed E-state index contributed by atoms with van der Waals surface area (Å²) < 4.78 is 10.8. The van der Waals surface area contributed by atoms with Crippen molar-refractivity contribution in [3.05, 3.63) is 23.8 Å². The van der Waals surface area contributed by atoms with Crippen molar-refractivity contribution >= 4 is 18.1 Å². The largest absolute Gasteiger partial charge is 0.493 e. The van der Waals surface area contributed by atoms with Gasteiger partial charge in [-0.25, -0.2) is 0 Å². The van der Waals surface area contributed by atoms with Crippen molar-refractivity contribution in [2.75, 3.05) is 26.3 Å². The molecule has 7 heteroatoms. The molecule has 0 aliphatic rings. The van der Waals surface area contributed by atoms with Crippen LogP contribution >= 0.6 is 0 Å². The van der Waals surface area contributed by atoms with Crippen LogP contribution in [0.2, 0.25) is 0 Å². The summed E-state index contributed by atoms with van der Waals surface area (Å²) in [6, 6.07) is 4.80. The molecule has 0 radical (unpaired) electrons. The van der Waals surface area contributed by atoms with Crippen molar-refractivity contribution in [3.63, 3.8) is 0 Å². The molecule has 0 heterocycles. The summed E-state index contributed by atoms with van der Waals surface area (Å²) >= 11 is 0. The quantitative estimate of drug-likeness (QED) is 0.625. The number of nitrogens with one attached hydrogen (secondary N) is 2. The van der Waals surface area contributed by atoms with Crippen molar-refractivity contribution in [1.82, 2.24) is 10.6 Å². The molecule has 2 amide bonds. The van der Waals surface area contributed by atoms with Gasteiger partial charge >= 0.3 is 0 Å². The molecule has 7 nitrogen and oxygen atoms in total. The van der Waals surface area contributed by atoms with E-state index in [1.807, 2.05) is 6.92 Å². The van der Waals surface area contributed by atoms with Gasteiger partial charge in [-0.1, -0.05) is 6.92 Å². The van der Waals surface area contributed by atoms with Gasteiger partial charge in [0.2, 0.25) is 5.91 Å². The molecular weight excluding hydrogens is 300 g/mol. The minimum Gasteiger partial charge on any atom is -0.493 e. The second kappa shape index (κ2) is 10.2. The number of hydrogen-bond acceptors (Lipinski definition) is 5. The molecule has 1 aromatic carbocycles. The zero-order chi connectivity index (χ0) is 17.1. The van der Waals surface area contributed by atoms with Crippen LogP contribution in [-0.2, 0) is 9.59 Å². The van der Waals surface area contributed by atoms with Crippen LogP contribution in [0.3, 0.4) is 0 Å². The molecule has 2 N–H and O–H groups in total. The van der Waals surface area contributed by atoms with E-state index in [0.29, 0.717) is 30.8 Å². The number of carbonyl (C=O) groups excluding carboxylic acids is 3. The van der Waals surface area contributed by atoms with Gasteiger partial charge in [0.15, 0.2) is 12.9 Å². The van der Waals surface area contributed by atoms with Crippen LogP contribution in [0.25, 0.3) is 0 Å². The number of benzene rings is 1. The summed E-state index contributed by atoms with van der Waals surface area (Å²) in [6.07, 6.45) is 1.50. The summed E-state index contributed by atoms with van der Waals surface area (Å²) in [7, 11) is 0. The second-order valence-corrected chi connectivity index (χ2v) is 4.68. The minimum atomic E-state index is -0.451. The first-order chi connectivity index (χ1) is 11.1. The lowest BCUT2D eigenvalue weighted by atomic mass is 10.2. The lowest BCUT2D eigenvalue weighted by molar-refractivity contribution is -0.127. The zero-order valence-corrected chi connectivity index (χ0v) is 13.4. The fourth-order valence-corrected chi connectivity index (χ4v) is 1.68. The van der Waals surface area contributed by atoms with Crippen molar-refractivity contribution in [2.24, 2.45) is 0 Å². The van der Waals surface area contributed by atoms with Crippen LogP contribution in [0.5, 0.6) is 11.5 Å². The number of amides is 2. The predicted octanol–water partition coefficient (Wildman–Crippen LogP) is 0.919. The summed E-state index contributed by atoms with van der Waals surface area (Å²) in [6.45, 7) is 4.41. The van der Waals surface area contributed by atoms with Gasteiger partial charge in [-0.2, -0.15) is 0 Å². The molecule has 126 valence electrons. The van der Waals surface area contributed by atoms with Gasteiger partial charge in [0.25, 0.3) is 5.91 Å². The van der Waals surface area contributed by atoms with Crippen molar-refractivity contribution in [3.8, 4) is 11.5 Å². The highest BCUT2D eigenvalue weighted by molar-refractivity contribution is 5.85. The fourth-order valence-electron chi connectivity index (χ4n) is 1.68. The number of ether oxygens (including phenoxy) is 2. The normalized spacial score (nSPS) is 9.83. The molecule has 0 saturated carbocycles. The van der Waals surface area contributed by atoms with Crippen LogP contribution in [0.4, 0.5) is 0 Å². The Hall–Kier alpha value is -2.57. The molecule has 1 rings (SSSR count). The maximum atomic E-state index is 11.6. The molecule has 0 fully saturated rings. The first kappa shape index (κ1) is 18.5.